The van der Waals surface area contributed by atoms with Crippen LogP contribution in [-0.2, 0) is 6.42 Å². The average Bonchev–Trinajstić information content (AvgIpc) is 2.47. The second kappa shape index (κ2) is 6.22. The van der Waals surface area contributed by atoms with Crippen LogP contribution in [0.5, 0.6) is 0 Å². The van der Waals surface area contributed by atoms with Crippen molar-refractivity contribution in [3.8, 4) is 0 Å². The highest BCUT2D eigenvalue weighted by atomic mass is 32.1. The maximum absolute atomic E-state index is 5.43. The number of aromatic nitrogens is 1. The molecule has 21 heavy (non-hydrogen) atoms. The van der Waals surface area contributed by atoms with Crippen molar-refractivity contribution in [2.45, 2.75) is 32.2 Å². The third-order valence-electron chi connectivity index (χ3n) is 3.83. The third-order valence-corrected chi connectivity index (χ3v) is 4.05. The van der Waals surface area contributed by atoms with Crippen LogP contribution in [0.15, 0.2) is 42.6 Å². The quantitative estimate of drug-likeness (QED) is 0.828. The molecule has 2 N–H and O–H groups in total. The molecular formula is C17H19N3S. The second-order valence-electron chi connectivity index (χ2n) is 5.46. The molecule has 0 amide bonds. The molecule has 0 spiro atoms. The topological polar surface area (TPSA) is 37.0 Å². The Morgan fingerprint density at radius 2 is 2.14 bits per heavy atom. The van der Waals surface area contributed by atoms with E-state index in [4.69, 9.17) is 12.2 Å². The third kappa shape index (κ3) is 3.39. The summed E-state index contributed by atoms with van der Waals surface area (Å²) in [5.41, 5.74) is 3.96. The van der Waals surface area contributed by atoms with Crippen LogP contribution in [0.25, 0.3) is 0 Å². The first-order valence-corrected chi connectivity index (χ1v) is 7.71. The van der Waals surface area contributed by atoms with E-state index in [1.54, 1.807) is 6.20 Å². The van der Waals surface area contributed by atoms with Crippen molar-refractivity contribution in [2.24, 2.45) is 0 Å². The van der Waals surface area contributed by atoms with Gasteiger partial charge in [0.2, 0.25) is 0 Å². The lowest BCUT2D eigenvalue weighted by molar-refractivity contribution is 0.529. The summed E-state index contributed by atoms with van der Waals surface area (Å²) in [6, 6.07) is 12.9. The van der Waals surface area contributed by atoms with Crippen molar-refractivity contribution in [3.63, 3.8) is 0 Å². The number of aryl methyl sites for hydroxylation is 2. The summed E-state index contributed by atoms with van der Waals surface area (Å²) in [7, 11) is 0. The minimum atomic E-state index is 0.291. The van der Waals surface area contributed by atoms with Gasteiger partial charge in [-0.1, -0.05) is 24.3 Å². The molecule has 0 bridgehead atoms. The summed E-state index contributed by atoms with van der Waals surface area (Å²) in [6.45, 7) is 2.04. The van der Waals surface area contributed by atoms with E-state index in [0.717, 1.165) is 18.7 Å². The fourth-order valence-corrected chi connectivity index (χ4v) is 3.07. The van der Waals surface area contributed by atoms with Gasteiger partial charge in [-0.25, -0.2) is 4.98 Å². The summed E-state index contributed by atoms with van der Waals surface area (Å²) in [5.74, 6) is 0.789. The zero-order valence-electron chi connectivity index (χ0n) is 12.1. The summed E-state index contributed by atoms with van der Waals surface area (Å²) >= 11 is 5.43. The highest BCUT2D eigenvalue weighted by molar-refractivity contribution is 7.80. The minimum absolute atomic E-state index is 0.291. The van der Waals surface area contributed by atoms with E-state index in [1.807, 2.05) is 19.1 Å². The number of thiocarbonyl (C=S) groups is 1. The van der Waals surface area contributed by atoms with Gasteiger partial charge in [-0.3, -0.25) is 0 Å². The zero-order chi connectivity index (χ0) is 14.7. The molecule has 0 fully saturated rings. The molecular weight excluding hydrogens is 278 g/mol. The number of hydrogen-bond acceptors (Lipinski definition) is 2. The number of pyridine rings is 1. The number of nitrogens with one attached hydrogen (secondary N) is 2. The van der Waals surface area contributed by atoms with Crippen molar-refractivity contribution in [2.75, 3.05) is 5.32 Å². The lowest BCUT2D eigenvalue weighted by Gasteiger charge is -2.27. The molecule has 0 saturated heterocycles. The number of hydrogen-bond donors (Lipinski definition) is 2. The van der Waals surface area contributed by atoms with Gasteiger partial charge in [0.1, 0.15) is 5.82 Å². The average molecular weight is 297 g/mol. The molecule has 1 aromatic carbocycles. The summed E-state index contributed by atoms with van der Waals surface area (Å²) in [4.78, 5) is 4.28. The predicted molar refractivity (Wildman–Crippen MR) is 90.5 cm³/mol. The molecule has 4 heteroatoms. The zero-order valence-corrected chi connectivity index (χ0v) is 12.9. The maximum atomic E-state index is 5.43. The largest absolute Gasteiger partial charge is 0.356 e. The van der Waals surface area contributed by atoms with Crippen molar-refractivity contribution >= 4 is 23.1 Å². The fourth-order valence-electron chi connectivity index (χ4n) is 2.82. The highest BCUT2D eigenvalue weighted by Crippen LogP contribution is 2.29. The van der Waals surface area contributed by atoms with E-state index < -0.39 is 0 Å². The van der Waals surface area contributed by atoms with Crippen molar-refractivity contribution in [1.29, 1.82) is 0 Å². The molecule has 1 heterocycles. The SMILES string of the molecule is Cc1ccnc(NC(=S)NC2CCCc3ccccc32)c1. The van der Waals surface area contributed by atoms with Gasteiger partial charge in [0.05, 0.1) is 6.04 Å². The van der Waals surface area contributed by atoms with Crippen LogP contribution < -0.4 is 10.6 Å². The van der Waals surface area contributed by atoms with E-state index in [2.05, 4.69) is 39.9 Å². The van der Waals surface area contributed by atoms with Gasteiger partial charge in [-0.15, -0.1) is 0 Å². The van der Waals surface area contributed by atoms with Crippen LogP contribution in [0.3, 0.4) is 0 Å². The Labute approximate surface area is 130 Å². The summed E-state index contributed by atoms with van der Waals surface area (Å²) in [6.07, 6.45) is 5.25. The van der Waals surface area contributed by atoms with Gasteiger partial charge < -0.3 is 10.6 Å². The van der Waals surface area contributed by atoms with Gasteiger partial charge >= 0.3 is 0 Å². The molecule has 1 atom stereocenters. The Hall–Kier alpha value is -1.94. The molecule has 1 unspecified atom stereocenters. The molecule has 0 saturated carbocycles. The number of rotatable bonds is 2. The molecule has 1 aliphatic rings. The Morgan fingerprint density at radius 1 is 1.29 bits per heavy atom. The van der Waals surface area contributed by atoms with Gasteiger partial charge in [-0.05, 0) is 67.2 Å². The van der Waals surface area contributed by atoms with E-state index in [0.29, 0.717) is 11.2 Å². The van der Waals surface area contributed by atoms with Crippen molar-refractivity contribution in [1.82, 2.24) is 10.3 Å². The van der Waals surface area contributed by atoms with Crippen molar-refractivity contribution in [3.05, 3.63) is 59.3 Å². The first-order valence-electron chi connectivity index (χ1n) is 7.30. The van der Waals surface area contributed by atoms with Crippen LogP contribution >= 0.6 is 12.2 Å². The normalized spacial score (nSPS) is 16.9. The van der Waals surface area contributed by atoms with Gasteiger partial charge in [0.25, 0.3) is 0 Å². The van der Waals surface area contributed by atoms with Crippen molar-refractivity contribution < 1.29 is 0 Å². The number of benzene rings is 1. The van der Waals surface area contributed by atoms with E-state index in [1.165, 1.54) is 23.1 Å². The van der Waals surface area contributed by atoms with Crippen LogP contribution in [-0.4, -0.2) is 10.1 Å². The van der Waals surface area contributed by atoms with E-state index >= 15 is 0 Å². The lowest BCUT2D eigenvalue weighted by Crippen LogP contribution is -2.34. The molecule has 0 radical (unpaired) electrons. The van der Waals surface area contributed by atoms with Gasteiger partial charge in [0, 0.05) is 6.20 Å². The molecule has 1 aromatic heterocycles. The lowest BCUT2D eigenvalue weighted by atomic mass is 9.88. The Kier molecular flexibility index (Phi) is 4.15. The summed E-state index contributed by atoms with van der Waals surface area (Å²) in [5, 5.41) is 7.23. The molecule has 108 valence electrons. The minimum Gasteiger partial charge on any atom is -0.356 e. The maximum Gasteiger partial charge on any atom is 0.172 e. The monoisotopic (exact) mass is 297 g/mol. The number of fused-ring (bicyclic) bond motifs is 1. The number of nitrogens with zero attached hydrogens (tertiary/aromatic N) is 1. The molecule has 0 aliphatic heterocycles. The molecule has 1 aliphatic carbocycles. The molecule has 3 rings (SSSR count). The van der Waals surface area contributed by atoms with E-state index in [9.17, 15) is 0 Å². The van der Waals surface area contributed by atoms with Crippen LogP contribution in [0.4, 0.5) is 5.82 Å². The first kappa shape index (κ1) is 14.0. The van der Waals surface area contributed by atoms with Gasteiger partial charge in [0.15, 0.2) is 5.11 Å². The highest BCUT2D eigenvalue weighted by Gasteiger charge is 2.20. The standard InChI is InChI=1S/C17H19N3S/c1-12-9-10-18-16(11-12)20-17(21)19-15-8-4-6-13-5-2-3-7-14(13)15/h2-3,5,7,9-11,15H,4,6,8H2,1H3,(H2,18,19,20,21). The summed E-state index contributed by atoms with van der Waals surface area (Å²) < 4.78 is 0. The smallest absolute Gasteiger partial charge is 0.172 e. The second-order valence-corrected chi connectivity index (χ2v) is 5.87. The van der Waals surface area contributed by atoms with E-state index in [-0.39, 0.29) is 0 Å². The Bertz CT molecular complexity index is 654. The predicted octanol–water partition coefficient (Wildman–Crippen LogP) is 3.75. The van der Waals surface area contributed by atoms with Crippen LogP contribution in [0.1, 0.15) is 35.6 Å². The number of anilines is 1. The van der Waals surface area contributed by atoms with Gasteiger partial charge in [-0.2, -0.15) is 0 Å². The molecule has 2 aromatic rings. The van der Waals surface area contributed by atoms with Crippen LogP contribution in [0.2, 0.25) is 0 Å². The first-order chi connectivity index (χ1) is 10.2. The van der Waals surface area contributed by atoms with Crippen LogP contribution in [0, 0.1) is 6.92 Å². The Balaban J connectivity index is 1.68. The Morgan fingerprint density at radius 3 is 3.00 bits per heavy atom. The molecule has 3 nitrogen and oxygen atoms in total. The fraction of sp³-hybridized carbons (Fsp3) is 0.294.